The summed E-state index contributed by atoms with van der Waals surface area (Å²) < 4.78 is 24.2. The molecule has 0 amide bonds. The van der Waals surface area contributed by atoms with Gasteiger partial charge in [-0.15, -0.1) is 0 Å². The monoisotopic (exact) mass is 374 g/mol. The summed E-state index contributed by atoms with van der Waals surface area (Å²) in [5, 5.41) is 3.39. The van der Waals surface area contributed by atoms with Crippen LogP contribution in [0.4, 0.5) is 4.39 Å². The van der Waals surface area contributed by atoms with Crippen molar-refractivity contribution in [2.75, 3.05) is 33.3 Å². The van der Waals surface area contributed by atoms with Gasteiger partial charge in [0.2, 0.25) is 5.89 Å². The average Bonchev–Trinajstić information content (AvgIpc) is 3.16. The van der Waals surface area contributed by atoms with Crippen molar-refractivity contribution >= 4 is 5.96 Å². The lowest BCUT2D eigenvalue weighted by Gasteiger charge is -2.34. The van der Waals surface area contributed by atoms with Gasteiger partial charge in [-0.2, -0.15) is 0 Å². The third-order valence-electron chi connectivity index (χ3n) is 4.66. The van der Waals surface area contributed by atoms with Crippen LogP contribution in [0.2, 0.25) is 0 Å². The summed E-state index contributed by atoms with van der Waals surface area (Å²) >= 11 is 0. The fourth-order valence-electron chi connectivity index (χ4n) is 3.25. The van der Waals surface area contributed by atoms with Gasteiger partial charge in [0.15, 0.2) is 5.96 Å². The summed E-state index contributed by atoms with van der Waals surface area (Å²) in [5.74, 6) is 1.14. The molecule has 3 rings (SSSR count). The van der Waals surface area contributed by atoms with E-state index in [-0.39, 0.29) is 5.82 Å². The highest BCUT2D eigenvalue weighted by atomic mass is 19.1. The van der Waals surface area contributed by atoms with Gasteiger partial charge in [0.1, 0.15) is 12.1 Å². The Hall–Kier alpha value is -2.41. The Bertz CT molecular complexity index is 737. The number of benzene rings is 1. The van der Waals surface area contributed by atoms with Crippen molar-refractivity contribution in [1.82, 2.24) is 15.2 Å². The van der Waals surface area contributed by atoms with E-state index in [9.17, 15) is 4.39 Å². The fraction of sp³-hybridized carbons (Fsp3) is 0.500. The predicted octanol–water partition coefficient (Wildman–Crippen LogP) is 3.10. The van der Waals surface area contributed by atoms with Crippen LogP contribution in [0.15, 0.2) is 39.9 Å². The molecule has 1 aliphatic rings. The van der Waals surface area contributed by atoms with Crippen molar-refractivity contribution in [3.05, 3.63) is 42.0 Å². The number of hydrogen-bond acceptors (Lipinski definition) is 4. The van der Waals surface area contributed by atoms with Crippen molar-refractivity contribution in [3.8, 4) is 11.5 Å². The van der Waals surface area contributed by atoms with Gasteiger partial charge in [-0.3, -0.25) is 4.99 Å². The average molecular weight is 374 g/mol. The van der Waals surface area contributed by atoms with E-state index in [1.165, 1.54) is 12.1 Å². The highest BCUT2D eigenvalue weighted by Gasteiger charge is 2.21. The number of guanidine groups is 1. The Kier molecular flexibility index (Phi) is 6.81. The van der Waals surface area contributed by atoms with E-state index in [1.807, 2.05) is 6.92 Å². The van der Waals surface area contributed by atoms with Crippen LogP contribution in [-0.4, -0.2) is 55.2 Å². The van der Waals surface area contributed by atoms with E-state index in [2.05, 4.69) is 20.2 Å². The van der Waals surface area contributed by atoms with Gasteiger partial charge in [0.05, 0.1) is 11.8 Å². The summed E-state index contributed by atoms with van der Waals surface area (Å²) in [5.41, 5.74) is 1.62. The van der Waals surface area contributed by atoms with Crippen LogP contribution >= 0.6 is 0 Å². The maximum Gasteiger partial charge on any atom is 0.226 e. The Morgan fingerprint density at radius 2 is 2.07 bits per heavy atom. The minimum atomic E-state index is -0.272. The number of oxazole rings is 1. The van der Waals surface area contributed by atoms with Crippen LogP contribution in [0.5, 0.6) is 0 Å². The Labute approximate surface area is 159 Å². The summed E-state index contributed by atoms with van der Waals surface area (Å²) in [6, 6.07) is 6.13. The molecule has 1 aromatic carbocycles. The number of aliphatic imine (C=N–C) groups is 1. The predicted molar refractivity (Wildman–Crippen MR) is 103 cm³/mol. The Morgan fingerprint density at radius 1 is 1.33 bits per heavy atom. The van der Waals surface area contributed by atoms with Crippen molar-refractivity contribution in [3.63, 3.8) is 0 Å². The lowest BCUT2D eigenvalue weighted by Crippen LogP contribution is -2.47. The lowest BCUT2D eigenvalue weighted by molar-refractivity contribution is 0.0264. The van der Waals surface area contributed by atoms with Gasteiger partial charge < -0.3 is 19.4 Å². The SMILES string of the molecule is CCOC1CCN(C(=NC)NCCc2coc(-c3ccc(F)cc3)n2)CC1. The number of aromatic nitrogens is 1. The van der Waals surface area contributed by atoms with Crippen molar-refractivity contribution < 1.29 is 13.5 Å². The molecule has 2 aromatic rings. The normalized spacial score (nSPS) is 16.0. The number of rotatable bonds is 6. The molecule has 1 aromatic heterocycles. The van der Waals surface area contributed by atoms with Crippen LogP contribution in [0.3, 0.4) is 0 Å². The minimum Gasteiger partial charge on any atom is -0.444 e. The molecule has 6 nitrogen and oxygen atoms in total. The number of hydrogen-bond donors (Lipinski definition) is 1. The van der Waals surface area contributed by atoms with Gasteiger partial charge >= 0.3 is 0 Å². The number of nitrogens with zero attached hydrogens (tertiary/aromatic N) is 3. The molecule has 1 N–H and O–H groups in total. The molecule has 146 valence electrons. The van der Waals surface area contributed by atoms with Gasteiger partial charge in [-0.05, 0) is 44.0 Å². The first-order valence-corrected chi connectivity index (χ1v) is 9.47. The zero-order chi connectivity index (χ0) is 19.1. The molecule has 1 fully saturated rings. The molecular formula is C20H27FN4O2. The zero-order valence-electron chi connectivity index (χ0n) is 15.9. The van der Waals surface area contributed by atoms with E-state index in [0.29, 0.717) is 18.5 Å². The second-order valence-corrected chi connectivity index (χ2v) is 6.52. The lowest BCUT2D eigenvalue weighted by atomic mass is 10.1. The van der Waals surface area contributed by atoms with Crippen molar-refractivity contribution in [2.24, 2.45) is 4.99 Å². The van der Waals surface area contributed by atoms with Crippen LogP contribution in [-0.2, 0) is 11.2 Å². The number of halogens is 1. The first kappa shape index (κ1) is 19.4. The van der Waals surface area contributed by atoms with Gasteiger partial charge in [0, 0.05) is 45.3 Å². The number of ether oxygens (including phenoxy) is 1. The Balaban J connectivity index is 1.47. The molecule has 1 aliphatic heterocycles. The molecule has 27 heavy (non-hydrogen) atoms. The topological polar surface area (TPSA) is 62.9 Å². The van der Waals surface area contributed by atoms with Crippen LogP contribution in [0.25, 0.3) is 11.5 Å². The highest BCUT2D eigenvalue weighted by molar-refractivity contribution is 5.79. The first-order valence-electron chi connectivity index (χ1n) is 9.47. The molecule has 1 saturated heterocycles. The number of piperidine rings is 1. The zero-order valence-corrected chi connectivity index (χ0v) is 15.9. The molecule has 0 bridgehead atoms. The third-order valence-corrected chi connectivity index (χ3v) is 4.66. The third kappa shape index (κ3) is 5.29. The molecule has 0 aliphatic carbocycles. The Morgan fingerprint density at radius 3 is 2.74 bits per heavy atom. The molecule has 0 saturated carbocycles. The highest BCUT2D eigenvalue weighted by Crippen LogP contribution is 2.19. The van der Waals surface area contributed by atoms with Crippen LogP contribution in [0, 0.1) is 5.82 Å². The summed E-state index contributed by atoms with van der Waals surface area (Å²) in [7, 11) is 1.81. The maximum atomic E-state index is 13.0. The standard InChI is InChI=1S/C20H27FN4O2/c1-3-26-18-9-12-25(13-10-18)20(22-2)23-11-8-17-14-27-19(24-17)15-4-6-16(21)7-5-15/h4-7,14,18H,3,8-13H2,1-2H3,(H,22,23). The van der Waals surface area contributed by atoms with Crippen LogP contribution < -0.4 is 5.32 Å². The maximum absolute atomic E-state index is 13.0. The largest absolute Gasteiger partial charge is 0.444 e. The van der Waals surface area contributed by atoms with Gasteiger partial charge in [-0.25, -0.2) is 9.37 Å². The van der Waals surface area contributed by atoms with E-state index >= 15 is 0 Å². The molecular weight excluding hydrogens is 347 g/mol. The summed E-state index contributed by atoms with van der Waals surface area (Å²) in [6.45, 7) is 5.42. The van der Waals surface area contributed by atoms with Gasteiger partial charge in [0.25, 0.3) is 0 Å². The van der Waals surface area contributed by atoms with Crippen LogP contribution in [0.1, 0.15) is 25.5 Å². The van der Waals surface area contributed by atoms with Gasteiger partial charge in [-0.1, -0.05) is 0 Å². The fourth-order valence-corrected chi connectivity index (χ4v) is 3.25. The first-order chi connectivity index (χ1) is 13.2. The molecule has 0 spiro atoms. The molecule has 0 atom stereocenters. The molecule has 2 heterocycles. The van der Waals surface area contributed by atoms with E-state index in [1.54, 1.807) is 25.4 Å². The number of nitrogens with one attached hydrogen (secondary N) is 1. The quantitative estimate of drug-likeness (QED) is 0.622. The second kappa shape index (κ2) is 9.50. The van der Waals surface area contributed by atoms with Crippen molar-refractivity contribution in [2.45, 2.75) is 32.3 Å². The molecule has 0 unspecified atom stereocenters. The smallest absolute Gasteiger partial charge is 0.226 e. The van der Waals surface area contributed by atoms with E-state index < -0.39 is 0 Å². The van der Waals surface area contributed by atoms with E-state index in [0.717, 1.165) is 56.2 Å². The van der Waals surface area contributed by atoms with E-state index in [4.69, 9.17) is 9.15 Å². The second-order valence-electron chi connectivity index (χ2n) is 6.52. The summed E-state index contributed by atoms with van der Waals surface area (Å²) in [6.07, 6.45) is 4.79. The molecule has 0 radical (unpaired) electrons. The van der Waals surface area contributed by atoms with Crippen molar-refractivity contribution in [1.29, 1.82) is 0 Å². The molecule has 7 heteroatoms. The summed E-state index contributed by atoms with van der Waals surface area (Å²) in [4.78, 5) is 11.1. The number of likely N-dealkylation sites (tertiary alicyclic amines) is 1. The minimum absolute atomic E-state index is 0.272.